The Hall–Kier alpha value is -1.61. The van der Waals surface area contributed by atoms with Gasteiger partial charge in [-0.25, -0.2) is 0 Å². The maximum Gasteiger partial charge on any atom is 0.136 e. The van der Waals surface area contributed by atoms with Crippen molar-refractivity contribution in [2.45, 2.75) is 6.54 Å². The van der Waals surface area contributed by atoms with Crippen LogP contribution in [0.1, 0.15) is 11.1 Å². The molecule has 2 rings (SSSR count). The van der Waals surface area contributed by atoms with E-state index in [1.807, 2.05) is 18.2 Å². The van der Waals surface area contributed by atoms with Crippen LogP contribution in [0.25, 0.3) is 0 Å². The first-order chi connectivity index (χ1) is 10.2. The van der Waals surface area contributed by atoms with E-state index in [0.29, 0.717) is 11.3 Å². The first kappa shape index (κ1) is 15.8. The summed E-state index contributed by atoms with van der Waals surface area (Å²) in [6.07, 6.45) is 0. The maximum atomic E-state index is 9.08. The van der Waals surface area contributed by atoms with Crippen LogP contribution in [0.4, 0.5) is 0 Å². The monoisotopic (exact) mass is 288 g/mol. The fraction of sp³-hybridized carbons (Fsp3) is 0.562. The number of nitrogens with one attached hydrogen (secondary N) is 1. The molecule has 0 unspecified atom stereocenters. The average Bonchev–Trinajstić information content (AvgIpc) is 2.53. The largest absolute Gasteiger partial charge is 0.495 e. The highest BCUT2D eigenvalue weighted by Gasteiger charge is 2.12. The van der Waals surface area contributed by atoms with E-state index >= 15 is 0 Å². The summed E-state index contributed by atoms with van der Waals surface area (Å²) < 4.78 is 5.15. The normalized spacial score (nSPS) is 16.6. The second kappa shape index (κ2) is 7.99. The van der Waals surface area contributed by atoms with Crippen LogP contribution in [-0.2, 0) is 6.54 Å². The number of piperazine rings is 1. The molecule has 1 N–H and O–H groups in total. The van der Waals surface area contributed by atoms with E-state index in [-0.39, 0.29) is 0 Å². The number of nitrogens with zero attached hydrogens (tertiary/aromatic N) is 3. The van der Waals surface area contributed by atoms with Crippen molar-refractivity contribution >= 4 is 0 Å². The lowest BCUT2D eigenvalue weighted by atomic mass is 10.1. The molecule has 0 radical (unpaired) electrons. The number of benzene rings is 1. The van der Waals surface area contributed by atoms with Crippen molar-refractivity contribution in [3.63, 3.8) is 0 Å². The molecular weight excluding hydrogens is 264 g/mol. The molecule has 114 valence electrons. The van der Waals surface area contributed by atoms with Crippen LogP contribution in [-0.4, -0.2) is 63.2 Å². The summed E-state index contributed by atoms with van der Waals surface area (Å²) in [5, 5.41) is 12.5. The minimum Gasteiger partial charge on any atom is -0.495 e. The number of ether oxygens (including phenoxy) is 1. The molecule has 5 heteroatoms. The van der Waals surface area contributed by atoms with Crippen LogP contribution in [0.15, 0.2) is 18.2 Å². The number of likely N-dealkylation sites (N-methyl/N-ethyl adjacent to an activating group) is 1. The molecule has 0 aromatic heterocycles. The van der Waals surface area contributed by atoms with Crippen molar-refractivity contribution in [2.75, 3.05) is 53.4 Å². The number of hydrogen-bond acceptors (Lipinski definition) is 5. The van der Waals surface area contributed by atoms with Gasteiger partial charge in [0.25, 0.3) is 0 Å². The third kappa shape index (κ3) is 4.71. The lowest BCUT2D eigenvalue weighted by molar-refractivity contribution is 0.154. The molecule has 0 atom stereocenters. The second-order valence-corrected chi connectivity index (χ2v) is 5.47. The molecule has 1 aromatic carbocycles. The summed E-state index contributed by atoms with van der Waals surface area (Å²) in [6, 6.07) is 7.92. The third-order valence-electron chi connectivity index (χ3n) is 3.91. The van der Waals surface area contributed by atoms with Crippen molar-refractivity contribution in [1.29, 1.82) is 5.26 Å². The summed E-state index contributed by atoms with van der Waals surface area (Å²) in [6.45, 7) is 7.45. The van der Waals surface area contributed by atoms with E-state index < -0.39 is 0 Å². The highest BCUT2D eigenvalue weighted by Crippen LogP contribution is 2.18. The Kier molecular flexibility index (Phi) is 6.00. The topological polar surface area (TPSA) is 51.5 Å². The van der Waals surface area contributed by atoms with Gasteiger partial charge < -0.3 is 15.0 Å². The average molecular weight is 288 g/mol. The van der Waals surface area contributed by atoms with Gasteiger partial charge in [0.2, 0.25) is 0 Å². The molecule has 0 saturated carbocycles. The van der Waals surface area contributed by atoms with Gasteiger partial charge in [-0.2, -0.15) is 5.26 Å². The molecule has 1 aliphatic heterocycles. The molecule has 0 spiro atoms. The van der Waals surface area contributed by atoms with Crippen LogP contribution in [0, 0.1) is 11.3 Å². The van der Waals surface area contributed by atoms with E-state index in [4.69, 9.17) is 10.00 Å². The number of nitriles is 1. The number of rotatable bonds is 6. The minimum absolute atomic E-state index is 0.593. The van der Waals surface area contributed by atoms with E-state index in [9.17, 15) is 0 Å². The van der Waals surface area contributed by atoms with E-state index in [2.05, 4.69) is 28.2 Å². The second-order valence-electron chi connectivity index (χ2n) is 5.47. The molecule has 1 fully saturated rings. The summed E-state index contributed by atoms with van der Waals surface area (Å²) >= 11 is 0. The zero-order chi connectivity index (χ0) is 15.1. The van der Waals surface area contributed by atoms with Crippen LogP contribution in [0.5, 0.6) is 5.75 Å². The maximum absolute atomic E-state index is 9.08. The minimum atomic E-state index is 0.593. The Morgan fingerprint density at radius 2 is 2.05 bits per heavy atom. The Morgan fingerprint density at radius 1 is 1.29 bits per heavy atom. The Morgan fingerprint density at radius 3 is 2.71 bits per heavy atom. The standard InChI is InChI=1S/C16H24N4O/c1-19-7-9-20(10-8-19)6-5-18-13-14-3-4-16(21-2)15(11-14)12-17/h3-4,11,18H,5-10,13H2,1-2H3. The highest BCUT2D eigenvalue weighted by molar-refractivity contribution is 5.45. The number of methoxy groups -OCH3 is 1. The molecule has 5 nitrogen and oxygen atoms in total. The van der Waals surface area contributed by atoms with E-state index in [1.54, 1.807) is 7.11 Å². The van der Waals surface area contributed by atoms with Crippen molar-refractivity contribution in [1.82, 2.24) is 15.1 Å². The van der Waals surface area contributed by atoms with Gasteiger partial charge in [-0.1, -0.05) is 6.07 Å². The van der Waals surface area contributed by atoms with Gasteiger partial charge in [-0.05, 0) is 24.7 Å². The first-order valence-corrected chi connectivity index (χ1v) is 7.41. The van der Waals surface area contributed by atoms with Crippen molar-refractivity contribution in [3.05, 3.63) is 29.3 Å². The Labute approximate surface area is 127 Å². The summed E-state index contributed by atoms with van der Waals surface area (Å²) in [4.78, 5) is 4.85. The molecule has 1 aliphatic rings. The molecular formula is C16H24N4O. The van der Waals surface area contributed by atoms with E-state index in [0.717, 1.165) is 51.4 Å². The lowest BCUT2D eigenvalue weighted by Gasteiger charge is -2.32. The van der Waals surface area contributed by atoms with E-state index in [1.165, 1.54) is 0 Å². The van der Waals surface area contributed by atoms with Gasteiger partial charge in [-0.15, -0.1) is 0 Å². The molecule has 0 amide bonds. The molecule has 21 heavy (non-hydrogen) atoms. The van der Waals surface area contributed by atoms with Crippen LogP contribution >= 0.6 is 0 Å². The fourth-order valence-corrected chi connectivity index (χ4v) is 2.49. The van der Waals surface area contributed by atoms with Gasteiger partial charge in [0.15, 0.2) is 0 Å². The Balaban J connectivity index is 1.72. The van der Waals surface area contributed by atoms with Crippen molar-refractivity contribution < 1.29 is 4.74 Å². The zero-order valence-electron chi connectivity index (χ0n) is 12.9. The highest BCUT2D eigenvalue weighted by atomic mass is 16.5. The molecule has 1 heterocycles. The summed E-state index contributed by atoms with van der Waals surface area (Å²) in [5.74, 6) is 0.638. The van der Waals surface area contributed by atoms with Gasteiger partial charge in [-0.3, -0.25) is 4.90 Å². The van der Waals surface area contributed by atoms with Gasteiger partial charge >= 0.3 is 0 Å². The number of hydrogen-bond donors (Lipinski definition) is 1. The molecule has 1 aromatic rings. The SMILES string of the molecule is COc1ccc(CNCCN2CCN(C)CC2)cc1C#N. The van der Waals surface area contributed by atoms with Crippen LogP contribution in [0.3, 0.4) is 0 Å². The fourth-order valence-electron chi connectivity index (χ4n) is 2.49. The van der Waals surface area contributed by atoms with Crippen molar-refractivity contribution in [2.24, 2.45) is 0 Å². The van der Waals surface area contributed by atoms with Crippen molar-refractivity contribution in [3.8, 4) is 11.8 Å². The third-order valence-corrected chi connectivity index (χ3v) is 3.91. The lowest BCUT2D eigenvalue weighted by Crippen LogP contribution is -2.46. The molecule has 0 bridgehead atoms. The van der Waals surface area contributed by atoms with Crippen LogP contribution in [0.2, 0.25) is 0 Å². The smallest absolute Gasteiger partial charge is 0.136 e. The summed E-state index contributed by atoms with van der Waals surface area (Å²) in [7, 11) is 3.76. The molecule has 0 aliphatic carbocycles. The first-order valence-electron chi connectivity index (χ1n) is 7.41. The van der Waals surface area contributed by atoms with Crippen LogP contribution < -0.4 is 10.1 Å². The Bertz CT molecular complexity index is 490. The predicted molar refractivity (Wildman–Crippen MR) is 83.4 cm³/mol. The van der Waals surface area contributed by atoms with Gasteiger partial charge in [0, 0.05) is 45.8 Å². The zero-order valence-corrected chi connectivity index (χ0v) is 12.9. The van der Waals surface area contributed by atoms with Gasteiger partial charge in [0.1, 0.15) is 11.8 Å². The molecule has 1 saturated heterocycles. The predicted octanol–water partition coefficient (Wildman–Crippen LogP) is 0.904. The van der Waals surface area contributed by atoms with Gasteiger partial charge in [0.05, 0.1) is 12.7 Å². The quantitative estimate of drug-likeness (QED) is 0.788. The summed E-state index contributed by atoms with van der Waals surface area (Å²) in [5.41, 5.74) is 1.71.